The van der Waals surface area contributed by atoms with E-state index in [0.717, 1.165) is 32.4 Å². The number of carbonyl (C=O) groups is 1. The maximum atomic E-state index is 11.8. The van der Waals surface area contributed by atoms with Crippen molar-refractivity contribution in [1.29, 1.82) is 5.26 Å². The molecule has 0 aromatic rings. The van der Waals surface area contributed by atoms with Crippen molar-refractivity contribution in [3.63, 3.8) is 0 Å². The van der Waals surface area contributed by atoms with Gasteiger partial charge in [0, 0.05) is 6.04 Å². The average molecular weight is 193 g/mol. The molecule has 0 aliphatic carbocycles. The lowest BCUT2D eigenvalue weighted by Crippen LogP contribution is -2.41. The van der Waals surface area contributed by atoms with Gasteiger partial charge < -0.3 is 10.6 Å². The fourth-order valence-electron chi connectivity index (χ4n) is 2.52. The molecule has 2 heterocycles. The molecule has 2 saturated heterocycles. The molecule has 0 bridgehead atoms. The summed E-state index contributed by atoms with van der Waals surface area (Å²) in [6, 6.07) is 2.21. The van der Waals surface area contributed by atoms with Crippen molar-refractivity contribution in [1.82, 2.24) is 10.6 Å². The van der Waals surface area contributed by atoms with Crippen LogP contribution in [-0.2, 0) is 4.79 Å². The van der Waals surface area contributed by atoms with Crippen LogP contribution in [0.4, 0.5) is 0 Å². The number of rotatable bonds is 1. The maximum absolute atomic E-state index is 11.8. The summed E-state index contributed by atoms with van der Waals surface area (Å²) in [7, 11) is 0. The first-order chi connectivity index (χ1) is 6.77. The first-order valence-electron chi connectivity index (χ1n) is 5.15. The van der Waals surface area contributed by atoms with Crippen molar-refractivity contribution in [3.05, 3.63) is 0 Å². The second-order valence-electron chi connectivity index (χ2n) is 4.27. The molecular formula is C10H15N3O. The van der Waals surface area contributed by atoms with Gasteiger partial charge in [-0.15, -0.1) is 0 Å². The van der Waals surface area contributed by atoms with E-state index in [2.05, 4.69) is 16.7 Å². The molecule has 0 aromatic heterocycles. The Morgan fingerprint density at radius 3 is 2.86 bits per heavy atom. The number of nitriles is 1. The van der Waals surface area contributed by atoms with E-state index in [1.54, 1.807) is 0 Å². The molecule has 1 amide bonds. The van der Waals surface area contributed by atoms with Gasteiger partial charge in [-0.2, -0.15) is 5.26 Å². The van der Waals surface area contributed by atoms with Gasteiger partial charge >= 0.3 is 0 Å². The van der Waals surface area contributed by atoms with E-state index in [1.807, 2.05) is 0 Å². The lowest BCUT2D eigenvalue weighted by molar-refractivity contribution is -0.128. The molecule has 0 radical (unpaired) electrons. The zero-order valence-corrected chi connectivity index (χ0v) is 8.18. The Labute approximate surface area is 83.7 Å². The molecule has 2 aliphatic heterocycles. The van der Waals surface area contributed by atoms with Crippen molar-refractivity contribution in [3.8, 4) is 6.07 Å². The third-order valence-corrected chi connectivity index (χ3v) is 3.35. The third kappa shape index (κ3) is 1.48. The number of hydrogen-bond donors (Lipinski definition) is 2. The first kappa shape index (κ1) is 9.47. The van der Waals surface area contributed by atoms with Gasteiger partial charge in [-0.25, -0.2) is 0 Å². The molecular weight excluding hydrogens is 178 g/mol. The number of hydrogen-bond acceptors (Lipinski definition) is 3. The number of nitrogens with one attached hydrogen (secondary N) is 2. The highest BCUT2D eigenvalue weighted by molar-refractivity contribution is 5.85. The molecule has 14 heavy (non-hydrogen) atoms. The van der Waals surface area contributed by atoms with Crippen molar-refractivity contribution in [2.75, 3.05) is 13.1 Å². The number of nitrogens with zero attached hydrogens (tertiary/aromatic N) is 1. The Balaban J connectivity index is 2.06. The zero-order valence-electron chi connectivity index (χ0n) is 8.18. The highest BCUT2D eigenvalue weighted by Gasteiger charge is 2.46. The third-order valence-electron chi connectivity index (χ3n) is 3.35. The van der Waals surface area contributed by atoms with Gasteiger partial charge in [-0.1, -0.05) is 0 Å². The largest absolute Gasteiger partial charge is 0.352 e. The summed E-state index contributed by atoms with van der Waals surface area (Å²) in [5.74, 6) is 0.166. The van der Waals surface area contributed by atoms with Gasteiger partial charge in [0.2, 0.25) is 5.91 Å². The van der Waals surface area contributed by atoms with Gasteiger partial charge in [-0.05, 0) is 32.4 Å². The normalized spacial score (nSPS) is 29.9. The average Bonchev–Trinajstić information content (AvgIpc) is 2.45. The van der Waals surface area contributed by atoms with Crippen LogP contribution in [0.15, 0.2) is 0 Å². The lowest BCUT2D eigenvalue weighted by atomic mass is 9.76. The minimum absolute atomic E-state index is 0.0885. The van der Waals surface area contributed by atoms with E-state index < -0.39 is 0 Å². The highest BCUT2D eigenvalue weighted by Crippen LogP contribution is 2.39. The Bertz CT molecular complexity index is 276. The van der Waals surface area contributed by atoms with Crippen LogP contribution < -0.4 is 10.6 Å². The predicted octanol–water partition coefficient (Wildman–Crippen LogP) is 0.158. The molecule has 4 heteroatoms. The quantitative estimate of drug-likeness (QED) is 0.623. The van der Waals surface area contributed by atoms with Crippen molar-refractivity contribution in [2.45, 2.75) is 31.7 Å². The Kier molecular flexibility index (Phi) is 2.42. The fourth-order valence-corrected chi connectivity index (χ4v) is 2.52. The van der Waals surface area contributed by atoms with Gasteiger partial charge in [-0.3, -0.25) is 4.79 Å². The minimum atomic E-state index is -0.160. The van der Waals surface area contributed by atoms with Crippen molar-refractivity contribution >= 4 is 5.91 Å². The Morgan fingerprint density at radius 1 is 1.50 bits per heavy atom. The van der Waals surface area contributed by atoms with Crippen LogP contribution in [0.25, 0.3) is 0 Å². The standard InChI is InChI=1S/C10H15N3O/c11-4-1-8-7-10(9(14)13-8)2-5-12-6-3-10/h8,12H,1-3,5-7H2,(H,13,14). The lowest BCUT2D eigenvalue weighted by Gasteiger charge is -2.30. The van der Waals surface area contributed by atoms with Crippen LogP contribution in [0.2, 0.25) is 0 Å². The van der Waals surface area contributed by atoms with E-state index in [0.29, 0.717) is 6.42 Å². The second kappa shape index (κ2) is 3.58. The molecule has 2 fully saturated rings. The van der Waals surface area contributed by atoms with Gasteiger partial charge in [0.25, 0.3) is 0 Å². The Morgan fingerprint density at radius 2 is 2.21 bits per heavy atom. The summed E-state index contributed by atoms with van der Waals surface area (Å²) in [6.45, 7) is 1.85. The van der Waals surface area contributed by atoms with E-state index >= 15 is 0 Å². The number of carbonyl (C=O) groups excluding carboxylic acids is 1. The smallest absolute Gasteiger partial charge is 0.226 e. The maximum Gasteiger partial charge on any atom is 0.226 e. The zero-order chi connectivity index (χ0) is 10.0. The van der Waals surface area contributed by atoms with Crippen LogP contribution in [0.1, 0.15) is 25.7 Å². The number of amides is 1. The summed E-state index contributed by atoms with van der Waals surface area (Å²) in [6.07, 6.45) is 3.13. The SMILES string of the molecule is N#CCC1CC2(CCNCC2)C(=O)N1. The number of piperidine rings is 1. The molecule has 2 N–H and O–H groups in total. The molecule has 1 unspecified atom stereocenters. The van der Waals surface area contributed by atoms with Gasteiger partial charge in [0.15, 0.2) is 0 Å². The fraction of sp³-hybridized carbons (Fsp3) is 0.800. The molecule has 0 saturated carbocycles. The minimum Gasteiger partial charge on any atom is -0.352 e. The second-order valence-corrected chi connectivity index (χ2v) is 4.27. The monoisotopic (exact) mass is 193 g/mol. The van der Waals surface area contributed by atoms with E-state index in [1.165, 1.54) is 0 Å². The highest BCUT2D eigenvalue weighted by atomic mass is 16.2. The molecule has 1 spiro atoms. The predicted molar refractivity (Wildman–Crippen MR) is 51.3 cm³/mol. The van der Waals surface area contributed by atoms with Crippen molar-refractivity contribution < 1.29 is 4.79 Å². The first-order valence-corrected chi connectivity index (χ1v) is 5.15. The van der Waals surface area contributed by atoms with Gasteiger partial charge in [0.05, 0.1) is 17.9 Å². The summed E-state index contributed by atoms with van der Waals surface area (Å²) in [5, 5.41) is 14.8. The van der Waals surface area contributed by atoms with Gasteiger partial charge in [0.1, 0.15) is 0 Å². The molecule has 2 aliphatic rings. The van der Waals surface area contributed by atoms with E-state index in [9.17, 15) is 4.79 Å². The topological polar surface area (TPSA) is 64.9 Å². The molecule has 0 aromatic carbocycles. The van der Waals surface area contributed by atoms with E-state index in [-0.39, 0.29) is 17.4 Å². The van der Waals surface area contributed by atoms with Crippen molar-refractivity contribution in [2.24, 2.45) is 5.41 Å². The van der Waals surface area contributed by atoms with Crippen LogP contribution in [-0.4, -0.2) is 25.0 Å². The molecule has 1 atom stereocenters. The van der Waals surface area contributed by atoms with E-state index in [4.69, 9.17) is 5.26 Å². The molecule has 4 nitrogen and oxygen atoms in total. The van der Waals surface area contributed by atoms with Crippen LogP contribution in [0, 0.1) is 16.7 Å². The van der Waals surface area contributed by atoms with Crippen LogP contribution in [0.5, 0.6) is 0 Å². The summed E-state index contributed by atoms with van der Waals surface area (Å²) >= 11 is 0. The summed E-state index contributed by atoms with van der Waals surface area (Å²) in [4.78, 5) is 11.8. The van der Waals surface area contributed by atoms with Crippen LogP contribution in [0.3, 0.4) is 0 Å². The summed E-state index contributed by atoms with van der Waals surface area (Å²) in [5.41, 5.74) is -0.160. The Hall–Kier alpha value is -1.08. The summed E-state index contributed by atoms with van der Waals surface area (Å²) < 4.78 is 0. The molecule has 2 rings (SSSR count). The molecule has 76 valence electrons. The van der Waals surface area contributed by atoms with Crippen LogP contribution >= 0.6 is 0 Å².